The Hall–Kier alpha value is -1.00. The lowest BCUT2D eigenvalue weighted by atomic mass is 9.96. The number of nitrogens with two attached hydrogens (primary N) is 1. The van der Waals surface area contributed by atoms with Crippen molar-refractivity contribution in [1.29, 1.82) is 0 Å². The first-order valence-electron chi connectivity index (χ1n) is 5.96. The van der Waals surface area contributed by atoms with Crippen molar-refractivity contribution in [3.8, 4) is 0 Å². The summed E-state index contributed by atoms with van der Waals surface area (Å²) >= 11 is 4.99. The number of thiocarbonyl (C=S) groups is 1. The van der Waals surface area contributed by atoms with Crippen molar-refractivity contribution in [2.24, 2.45) is 11.1 Å². The number of hydrogen-bond donors (Lipinski definition) is 1. The van der Waals surface area contributed by atoms with Crippen LogP contribution >= 0.6 is 12.2 Å². The van der Waals surface area contributed by atoms with Gasteiger partial charge in [0.25, 0.3) is 0 Å². The van der Waals surface area contributed by atoms with E-state index in [1.807, 2.05) is 7.05 Å². The van der Waals surface area contributed by atoms with Gasteiger partial charge in [-0.1, -0.05) is 33.0 Å². The second-order valence-corrected chi connectivity index (χ2v) is 6.34. The molecule has 1 rings (SSSR count). The van der Waals surface area contributed by atoms with E-state index in [2.05, 4.69) is 25.7 Å². The lowest BCUT2D eigenvalue weighted by Crippen LogP contribution is -2.29. The molecule has 0 amide bonds. The van der Waals surface area contributed by atoms with Gasteiger partial charge in [0.1, 0.15) is 10.8 Å². The Labute approximate surface area is 114 Å². The second-order valence-electron chi connectivity index (χ2n) is 5.90. The maximum absolute atomic E-state index is 13.3. The molecule has 0 aliphatic carbocycles. The average molecular weight is 268 g/mol. The van der Waals surface area contributed by atoms with E-state index in [1.54, 1.807) is 6.07 Å². The molecule has 0 aliphatic rings. The molecule has 18 heavy (non-hydrogen) atoms. The molecule has 0 saturated heterocycles. The minimum atomic E-state index is -0.255. The Kier molecular flexibility index (Phi) is 4.82. The summed E-state index contributed by atoms with van der Waals surface area (Å²) in [6.45, 7) is 8.07. The van der Waals surface area contributed by atoms with Gasteiger partial charge in [0.2, 0.25) is 0 Å². The predicted octanol–water partition coefficient (Wildman–Crippen LogP) is 2.94. The highest BCUT2D eigenvalue weighted by Crippen LogP contribution is 2.18. The molecule has 2 nitrogen and oxygen atoms in total. The summed E-state index contributed by atoms with van der Waals surface area (Å²) in [6.07, 6.45) is 0. The Morgan fingerprint density at radius 3 is 2.50 bits per heavy atom. The lowest BCUT2D eigenvalue weighted by molar-refractivity contribution is 0.220. The van der Waals surface area contributed by atoms with Crippen molar-refractivity contribution in [1.82, 2.24) is 4.90 Å². The quantitative estimate of drug-likeness (QED) is 0.851. The molecule has 0 spiro atoms. The second kappa shape index (κ2) is 5.76. The first kappa shape index (κ1) is 15.1. The zero-order chi connectivity index (χ0) is 13.9. The predicted molar refractivity (Wildman–Crippen MR) is 78.1 cm³/mol. The molecular weight excluding hydrogens is 247 g/mol. The summed E-state index contributed by atoms with van der Waals surface area (Å²) in [5.41, 5.74) is 7.46. The number of benzene rings is 1. The van der Waals surface area contributed by atoms with Crippen molar-refractivity contribution in [3.05, 3.63) is 35.1 Å². The van der Waals surface area contributed by atoms with Crippen LogP contribution in [-0.4, -0.2) is 23.5 Å². The van der Waals surface area contributed by atoms with E-state index in [-0.39, 0.29) is 11.2 Å². The maximum atomic E-state index is 13.3. The zero-order valence-corrected chi connectivity index (χ0v) is 12.3. The largest absolute Gasteiger partial charge is 0.389 e. The van der Waals surface area contributed by atoms with Crippen molar-refractivity contribution >= 4 is 17.2 Å². The monoisotopic (exact) mass is 268 g/mol. The van der Waals surface area contributed by atoms with Gasteiger partial charge in [0.15, 0.2) is 0 Å². The Balaban J connectivity index is 2.89. The summed E-state index contributed by atoms with van der Waals surface area (Å²) in [4.78, 5) is 2.46. The standard InChI is InChI=1S/C14H21FN2S/c1-14(2,3)9-17(4)8-10-7-11(15)5-6-12(10)13(16)18/h5-7H,8-9H2,1-4H3,(H2,16,18). The molecule has 0 aliphatic heterocycles. The van der Waals surface area contributed by atoms with Gasteiger partial charge in [0, 0.05) is 18.7 Å². The van der Waals surface area contributed by atoms with E-state index < -0.39 is 0 Å². The van der Waals surface area contributed by atoms with Gasteiger partial charge in [0.05, 0.1) is 0 Å². The van der Waals surface area contributed by atoms with E-state index in [4.69, 9.17) is 18.0 Å². The molecule has 1 aromatic rings. The lowest BCUT2D eigenvalue weighted by Gasteiger charge is -2.27. The first-order chi connectivity index (χ1) is 8.19. The minimum Gasteiger partial charge on any atom is -0.389 e. The van der Waals surface area contributed by atoms with Crippen LogP contribution < -0.4 is 5.73 Å². The molecule has 0 bridgehead atoms. The third-order valence-corrected chi connectivity index (χ3v) is 2.74. The van der Waals surface area contributed by atoms with Crippen LogP contribution in [-0.2, 0) is 6.54 Å². The average Bonchev–Trinajstić information content (AvgIpc) is 2.13. The SMILES string of the molecule is CN(Cc1cc(F)ccc1C(N)=S)CC(C)(C)C. The van der Waals surface area contributed by atoms with Gasteiger partial charge < -0.3 is 10.6 Å². The topological polar surface area (TPSA) is 29.3 Å². The molecule has 100 valence electrons. The Morgan fingerprint density at radius 2 is 2.00 bits per heavy atom. The van der Waals surface area contributed by atoms with Crippen molar-refractivity contribution < 1.29 is 4.39 Å². The van der Waals surface area contributed by atoms with Crippen molar-refractivity contribution in [3.63, 3.8) is 0 Å². The molecule has 0 saturated carbocycles. The summed E-state index contributed by atoms with van der Waals surface area (Å²) in [5, 5.41) is 0. The molecular formula is C14H21FN2S. The fraction of sp³-hybridized carbons (Fsp3) is 0.500. The molecule has 4 heteroatoms. The molecule has 1 aromatic carbocycles. The Morgan fingerprint density at radius 1 is 1.39 bits per heavy atom. The smallest absolute Gasteiger partial charge is 0.123 e. The van der Waals surface area contributed by atoms with Gasteiger partial charge in [-0.15, -0.1) is 0 Å². The molecule has 0 aromatic heterocycles. The summed E-state index contributed by atoms with van der Waals surface area (Å²) in [7, 11) is 2.01. The van der Waals surface area contributed by atoms with Crippen molar-refractivity contribution in [2.75, 3.05) is 13.6 Å². The van der Waals surface area contributed by atoms with Crippen LogP contribution in [0.4, 0.5) is 4.39 Å². The number of rotatable bonds is 4. The van der Waals surface area contributed by atoms with Gasteiger partial charge in [-0.05, 0) is 36.2 Å². The fourth-order valence-electron chi connectivity index (χ4n) is 2.09. The maximum Gasteiger partial charge on any atom is 0.123 e. The van der Waals surface area contributed by atoms with Crippen LogP contribution in [0.15, 0.2) is 18.2 Å². The molecule has 0 heterocycles. The summed E-state index contributed by atoms with van der Waals surface area (Å²) < 4.78 is 13.3. The number of halogens is 1. The van der Waals surface area contributed by atoms with Crippen LogP contribution in [0, 0.1) is 11.2 Å². The van der Waals surface area contributed by atoms with Gasteiger partial charge in [-0.3, -0.25) is 0 Å². The molecule has 2 N–H and O–H groups in total. The van der Waals surface area contributed by atoms with E-state index in [9.17, 15) is 4.39 Å². The van der Waals surface area contributed by atoms with Crippen LogP contribution in [0.25, 0.3) is 0 Å². The number of nitrogens with zero attached hydrogens (tertiary/aromatic N) is 1. The highest BCUT2D eigenvalue weighted by molar-refractivity contribution is 7.80. The van der Waals surface area contributed by atoms with Gasteiger partial charge in [-0.2, -0.15) is 0 Å². The van der Waals surface area contributed by atoms with Crippen LogP contribution in [0.1, 0.15) is 31.9 Å². The molecule has 0 fully saturated rings. The third-order valence-electron chi connectivity index (χ3n) is 2.52. The zero-order valence-electron chi connectivity index (χ0n) is 11.5. The van der Waals surface area contributed by atoms with Crippen LogP contribution in [0.5, 0.6) is 0 Å². The first-order valence-corrected chi connectivity index (χ1v) is 6.36. The van der Waals surface area contributed by atoms with E-state index in [0.29, 0.717) is 11.5 Å². The van der Waals surface area contributed by atoms with Gasteiger partial charge >= 0.3 is 0 Å². The Bertz CT molecular complexity index is 438. The normalized spacial score (nSPS) is 11.9. The van der Waals surface area contributed by atoms with E-state index in [1.165, 1.54) is 12.1 Å². The highest BCUT2D eigenvalue weighted by Gasteiger charge is 2.15. The highest BCUT2D eigenvalue weighted by atomic mass is 32.1. The third kappa shape index (κ3) is 4.70. The molecule has 0 radical (unpaired) electrons. The van der Waals surface area contributed by atoms with E-state index in [0.717, 1.165) is 17.7 Å². The van der Waals surface area contributed by atoms with Crippen LogP contribution in [0.3, 0.4) is 0 Å². The molecule has 0 unspecified atom stereocenters. The summed E-state index contributed by atoms with van der Waals surface area (Å²) in [6, 6.07) is 4.55. The number of hydrogen-bond acceptors (Lipinski definition) is 2. The molecule has 0 atom stereocenters. The fourth-order valence-corrected chi connectivity index (χ4v) is 2.29. The van der Waals surface area contributed by atoms with E-state index >= 15 is 0 Å². The van der Waals surface area contributed by atoms with Crippen molar-refractivity contribution in [2.45, 2.75) is 27.3 Å². The summed E-state index contributed by atoms with van der Waals surface area (Å²) in [5.74, 6) is -0.255. The van der Waals surface area contributed by atoms with Crippen LogP contribution in [0.2, 0.25) is 0 Å². The van der Waals surface area contributed by atoms with Gasteiger partial charge in [-0.25, -0.2) is 4.39 Å². The minimum absolute atomic E-state index is 0.200.